The number of hydrogen-bond acceptors (Lipinski definition) is 5. The lowest BCUT2D eigenvalue weighted by Crippen LogP contribution is -2.10. The fourth-order valence-electron chi connectivity index (χ4n) is 4.82. The van der Waals surface area contributed by atoms with E-state index in [9.17, 15) is 4.79 Å². The first kappa shape index (κ1) is 23.2. The summed E-state index contributed by atoms with van der Waals surface area (Å²) in [5.74, 6) is 0.971. The Morgan fingerprint density at radius 2 is 1.94 bits per heavy atom. The van der Waals surface area contributed by atoms with Gasteiger partial charge in [0, 0.05) is 30.0 Å². The van der Waals surface area contributed by atoms with Gasteiger partial charge in [-0.25, -0.2) is 0 Å². The summed E-state index contributed by atoms with van der Waals surface area (Å²) in [6, 6.07) is 18.6. The summed E-state index contributed by atoms with van der Waals surface area (Å²) in [5, 5.41) is 12.6. The largest absolute Gasteiger partial charge is 0.491 e. The molecule has 0 amide bonds. The molecule has 0 unspecified atom stereocenters. The highest BCUT2D eigenvalue weighted by molar-refractivity contribution is 5.79. The minimum Gasteiger partial charge on any atom is -0.491 e. The van der Waals surface area contributed by atoms with Gasteiger partial charge in [-0.05, 0) is 84.8 Å². The number of aryl methyl sites for hydroxylation is 1. The van der Waals surface area contributed by atoms with E-state index in [4.69, 9.17) is 19.3 Å². The van der Waals surface area contributed by atoms with Crippen LogP contribution in [0.2, 0.25) is 0 Å². The average molecular weight is 474 g/mol. The third-order valence-corrected chi connectivity index (χ3v) is 6.73. The number of benzene rings is 3. The van der Waals surface area contributed by atoms with E-state index in [2.05, 4.69) is 36.5 Å². The minimum atomic E-state index is -0.698. The highest BCUT2D eigenvalue weighted by atomic mass is 16.5. The first-order valence-corrected chi connectivity index (χ1v) is 12.2. The number of anilines is 1. The zero-order chi connectivity index (χ0) is 24.4. The van der Waals surface area contributed by atoms with Gasteiger partial charge in [0.25, 0.3) is 0 Å². The molecule has 0 bridgehead atoms. The lowest BCUT2D eigenvalue weighted by molar-refractivity contribution is -0.138. The summed E-state index contributed by atoms with van der Waals surface area (Å²) in [7, 11) is 0. The van der Waals surface area contributed by atoms with Crippen molar-refractivity contribution in [1.82, 2.24) is 0 Å². The number of aliphatic carboxylic acids is 1. The Morgan fingerprint density at radius 1 is 1.11 bits per heavy atom. The summed E-state index contributed by atoms with van der Waals surface area (Å²) < 4.78 is 17.3. The van der Waals surface area contributed by atoms with E-state index in [1.165, 1.54) is 11.1 Å². The van der Waals surface area contributed by atoms with Crippen molar-refractivity contribution in [3.63, 3.8) is 0 Å². The molecule has 35 heavy (non-hydrogen) atoms. The molecule has 0 radical (unpaired) electrons. The van der Waals surface area contributed by atoms with Gasteiger partial charge in [0.15, 0.2) is 0 Å². The normalized spacial score (nSPS) is 17.7. The summed E-state index contributed by atoms with van der Waals surface area (Å²) in [6.07, 6.45) is 0.737. The molecule has 6 heteroatoms. The molecule has 0 aromatic heterocycles. The van der Waals surface area contributed by atoms with Crippen LogP contribution < -0.4 is 14.8 Å². The van der Waals surface area contributed by atoms with Crippen molar-refractivity contribution in [3.8, 4) is 22.6 Å². The molecule has 1 aliphatic heterocycles. The predicted octanol–water partition coefficient (Wildman–Crippen LogP) is 5.77. The second-order valence-electron chi connectivity index (χ2n) is 9.20. The number of ether oxygens (including phenoxy) is 3. The van der Waals surface area contributed by atoms with Crippen LogP contribution in [0, 0.1) is 12.8 Å². The van der Waals surface area contributed by atoms with Crippen molar-refractivity contribution < 1.29 is 24.1 Å². The van der Waals surface area contributed by atoms with Gasteiger partial charge >= 0.3 is 5.97 Å². The van der Waals surface area contributed by atoms with E-state index in [0.717, 1.165) is 45.9 Å². The van der Waals surface area contributed by atoms with E-state index in [0.29, 0.717) is 33.0 Å². The molecule has 1 saturated carbocycles. The highest BCUT2D eigenvalue weighted by Gasteiger charge is 2.44. The van der Waals surface area contributed by atoms with Crippen molar-refractivity contribution in [2.24, 2.45) is 5.92 Å². The van der Waals surface area contributed by atoms with Crippen molar-refractivity contribution in [3.05, 3.63) is 76.9 Å². The Balaban J connectivity index is 1.27. The van der Waals surface area contributed by atoms with Crippen LogP contribution >= 0.6 is 0 Å². The highest BCUT2D eigenvalue weighted by Crippen LogP contribution is 2.47. The number of rotatable bonds is 10. The molecular formula is C29H31NO5. The van der Waals surface area contributed by atoms with Gasteiger partial charge in [0.2, 0.25) is 0 Å². The van der Waals surface area contributed by atoms with E-state index < -0.39 is 5.97 Å². The van der Waals surface area contributed by atoms with Crippen LogP contribution in [-0.2, 0) is 22.7 Å². The maximum Gasteiger partial charge on any atom is 0.307 e. The molecule has 2 atom stereocenters. The van der Waals surface area contributed by atoms with E-state index in [1.54, 1.807) is 0 Å². The van der Waals surface area contributed by atoms with Crippen molar-refractivity contribution in [1.29, 1.82) is 0 Å². The van der Waals surface area contributed by atoms with Gasteiger partial charge in [0.1, 0.15) is 24.7 Å². The van der Waals surface area contributed by atoms with Gasteiger partial charge in [-0.2, -0.15) is 0 Å². The lowest BCUT2D eigenvalue weighted by atomic mass is 9.91. The van der Waals surface area contributed by atoms with Crippen LogP contribution in [0.1, 0.15) is 41.5 Å². The maximum absolute atomic E-state index is 11.1. The third kappa shape index (κ3) is 5.13. The van der Waals surface area contributed by atoms with Crippen LogP contribution in [-0.4, -0.2) is 30.9 Å². The number of hydrogen-bond donors (Lipinski definition) is 2. The molecule has 0 saturated heterocycles. The van der Waals surface area contributed by atoms with E-state index in [1.807, 2.05) is 37.3 Å². The van der Waals surface area contributed by atoms with E-state index >= 15 is 0 Å². The van der Waals surface area contributed by atoms with E-state index in [-0.39, 0.29) is 11.8 Å². The lowest BCUT2D eigenvalue weighted by Gasteiger charge is -2.24. The van der Waals surface area contributed by atoms with Crippen LogP contribution in [0.15, 0.2) is 54.6 Å². The Bertz CT molecular complexity index is 1220. The fraction of sp³-hybridized carbons (Fsp3) is 0.345. The van der Waals surface area contributed by atoms with Gasteiger partial charge in [0.05, 0.1) is 12.5 Å². The maximum atomic E-state index is 11.1. The van der Waals surface area contributed by atoms with Gasteiger partial charge < -0.3 is 24.6 Å². The molecule has 1 fully saturated rings. The molecule has 0 spiro atoms. The third-order valence-electron chi connectivity index (χ3n) is 6.73. The first-order valence-electron chi connectivity index (χ1n) is 12.2. The quantitative estimate of drug-likeness (QED) is 0.364. The van der Waals surface area contributed by atoms with Crippen LogP contribution in [0.4, 0.5) is 5.69 Å². The number of carboxylic acids is 1. The number of carboxylic acid groups (broad SMARTS) is 1. The number of nitrogens with one attached hydrogen (secondary N) is 1. The molecule has 1 aliphatic carbocycles. The predicted molar refractivity (Wildman–Crippen MR) is 135 cm³/mol. The monoisotopic (exact) mass is 473 g/mol. The Morgan fingerprint density at radius 3 is 2.69 bits per heavy atom. The van der Waals surface area contributed by atoms with Gasteiger partial charge in [-0.15, -0.1) is 0 Å². The van der Waals surface area contributed by atoms with Crippen molar-refractivity contribution >= 4 is 11.7 Å². The molecule has 5 rings (SSSR count). The Hall–Kier alpha value is -3.51. The minimum absolute atomic E-state index is 0.154. The van der Waals surface area contributed by atoms with Crippen LogP contribution in [0.25, 0.3) is 11.1 Å². The second kappa shape index (κ2) is 10.0. The molecular weight excluding hydrogens is 442 g/mol. The molecule has 6 nitrogen and oxygen atoms in total. The zero-order valence-electron chi connectivity index (χ0n) is 20.2. The second-order valence-corrected chi connectivity index (χ2v) is 9.20. The molecule has 3 aromatic rings. The van der Waals surface area contributed by atoms with Crippen molar-refractivity contribution in [2.75, 3.05) is 25.1 Å². The van der Waals surface area contributed by atoms with Gasteiger partial charge in [-0.3, -0.25) is 4.79 Å². The number of carbonyl (C=O) groups is 1. The van der Waals surface area contributed by atoms with Crippen molar-refractivity contribution in [2.45, 2.75) is 39.3 Å². The Labute approximate surface area is 205 Å². The molecule has 3 aromatic carbocycles. The molecule has 2 N–H and O–H groups in total. The molecule has 2 aliphatic rings. The number of fused-ring (bicyclic) bond motifs is 3. The molecule has 1 heterocycles. The van der Waals surface area contributed by atoms with Gasteiger partial charge in [-0.1, -0.05) is 18.2 Å². The first-order chi connectivity index (χ1) is 17.0. The van der Waals surface area contributed by atoms with Crippen LogP contribution in [0.5, 0.6) is 11.5 Å². The zero-order valence-corrected chi connectivity index (χ0v) is 20.2. The summed E-state index contributed by atoms with van der Waals surface area (Å²) >= 11 is 0. The Kier molecular flexibility index (Phi) is 6.64. The smallest absolute Gasteiger partial charge is 0.307 e. The summed E-state index contributed by atoms with van der Waals surface area (Å²) in [5.41, 5.74) is 7.89. The topological polar surface area (TPSA) is 77.0 Å². The van der Waals surface area contributed by atoms with Crippen LogP contribution in [0.3, 0.4) is 0 Å². The SMILES string of the molecule is CCOCCOc1cc(C)c2c(c1)COc1ccc(CNc3ccc([C@H]4C[C@@H]4C(=O)O)cc3)cc1-2. The fourth-order valence-corrected chi connectivity index (χ4v) is 4.82. The average Bonchev–Trinajstić information content (AvgIpc) is 3.67. The standard InChI is InChI=1S/C29H31NO5/c1-3-33-10-11-34-23-12-18(2)28-21(14-23)17-35-27-9-4-19(13-26(27)28)16-30-22-7-5-20(6-8-22)24-15-25(24)29(31)32/h4-9,12-14,24-25,30H,3,10-11,15-17H2,1-2H3,(H,31,32)/t24-,25+/m1/s1. The summed E-state index contributed by atoms with van der Waals surface area (Å²) in [4.78, 5) is 11.1. The molecule has 182 valence electrons. The summed E-state index contributed by atoms with van der Waals surface area (Å²) in [6.45, 7) is 7.10.